The van der Waals surface area contributed by atoms with Gasteiger partial charge in [0.2, 0.25) is 0 Å². The first kappa shape index (κ1) is 15.6. The standard InChI is InChI=1S/C16H22N6OS/c1-20-8-12(7-18-20)15-19-13(11-24-15)9-21-5-2-3-14(10-21)22-6-4-17-16(22)23/h7-8,11,14H,2-6,9-10H2,1H3,(H,17,23). The van der Waals surface area contributed by atoms with Crippen molar-refractivity contribution in [2.24, 2.45) is 7.05 Å². The first-order chi connectivity index (χ1) is 11.7. The van der Waals surface area contributed by atoms with E-state index < -0.39 is 0 Å². The molecule has 0 saturated carbocycles. The fourth-order valence-corrected chi connectivity index (χ4v) is 4.32. The second kappa shape index (κ2) is 6.52. The first-order valence-corrected chi connectivity index (χ1v) is 9.27. The lowest BCUT2D eigenvalue weighted by Crippen LogP contribution is -2.48. The third kappa shape index (κ3) is 3.16. The Morgan fingerprint density at radius 2 is 2.33 bits per heavy atom. The van der Waals surface area contributed by atoms with Gasteiger partial charge in [0.05, 0.1) is 11.9 Å². The van der Waals surface area contributed by atoms with E-state index in [0.717, 1.165) is 61.8 Å². The lowest BCUT2D eigenvalue weighted by atomic mass is 10.0. The molecule has 4 heterocycles. The Morgan fingerprint density at radius 1 is 1.42 bits per heavy atom. The monoisotopic (exact) mass is 346 g/mol. The van der Waals surface area contributed by atoms with E-state index >= 15 is 0 Å². The van der Waals surface area contributed by atoms with Gasteiger partial charge in [0.15, 0.2) is 0 Å². The van der Waals surface area contributed by atoms with Gasteiger partial charge < -0.3 is 10.2 Å². The third-order valence-electron chi connectivity index (χ3n) is 4.70. The number of likely N-dealkylation sites (tertiary alicyclic amines) is 1. The van der Waals surface area contributed by atoms with E-state index in [4.69, 9.17) is 4.98 Å². The van der Waals surface area contributed by atoms with Crippen LogP contribution in [0.1, 0.15) is 18.5 Å². The van der Waals surface area contributed by atoms with Gasteiger partial charge in [-0.2, -0.15) is 5.10 Å². The average molecular weight is 346 g/mol. The molecule has 0 aromatic carbocycles. The number of thiazole rings is 1. The van der Waals surface area contributed by atoms with Crippen LogP contribution in [0.15, 0.2) is 17.8 Å². The van der Waals surface area contributed by atoms with E-state index in [1.807, 2.05) is 24.3 Å². The lowest BCUT2D eigenvalue weighted by molar-refractivity contribution is 0.121. The van der Waals surface area contributed by atoms with Gasteiger partial charge in [-0.1, -0.05) is 0 Å². The number of aryl methyl sites for hydroxylation is 1. The Balaban J connectivity index is 1.40. The number of carbonyl (C=O) groups excluding carboxylic acids is 1. The van der Waals surface area contributed by atoms with Gasteiger partial charge in [0, 0.05) is 56.4 Å². The molecule has 2 amide bonds. The van der Waals surface area contributed by atoms with Gasteiger partial charge in [-0.3, -0.25) is 9.58 Å². The smallest absolute Gasteiger partial charge is 0.317 e. The minimum absolute atomic E-state index is 0.0920. The van der Waals surface area contributed by atoms with E-state index in [1.54, 1.807) is 16.0 Å². The van der Waals surface area contributed by atoms with E-state index in [9.17, 15) is 4.79 Å². The molecule has 0 radical (unpaired) electrons. The zero-order valence-electron chi connectivity index (χ0n) is 13.8. The molecule has 24 heavy (non-hydrogen) atoms. The summed E-state index contributed by atoms with van der Waals surface area (Å²) in [7, 11) is 1.92. The van der Waals surface area contributed by atoms with Crippen molar-refractivity contribution < 1.29 is 4.79 Å². The number of piperidine rings is 1. The van der Waals surface area contributed by atoms with Crippen LogP contribution in [0.3, 0.4) is 0 Å². The number of nitrogens with one attached hydrogen (secondary N) is 1. The number of urea groups is 1. The Morgan fingerprint density at radius 3 is 3.08 bits per heavy atom. The highest BCUT2D eigenvalue weighted by molar-refractivity contribution is 7.13. The molecular weight excluding hydrogens is 324 g/mol. The molecule has 2 aliphatic heterocycles. The van der Waals surface area contributed by atoms with Crippen molar-refractivity contribution in [3.05, 3.63) is 23.5 Å². The number of amides is 2. The predicted molar refractivity (Wildman–Crippen MR) is 92.7 cm³/mol. The Kier molecular flexibility index (Phi) is 4.24. The molecule has 2 saturated heterocycles. The van der Waals surface area contributed by atoms with Crippen LogP contribution < -0.4 is 5.32 Å². The largest absolute Gasteiger partial charge is 0.336 e. The van der Waals surface area contributed by atoms with Crippen LogP contribution in [-0.4, -0.2) is 62.8 Å². The fourth-order valence-electron chi connectivity index (χ4n) is 3.54. The van der Waals surface area contributed by atoms with Crippen LogP contribution in [0.2, 0.25) is 0 Å². The number of rotatable bonds is 4. The lowest BCUT2D eigenvalue weighted by Gasteiger charge is -2.36. The molecule has 2 aliphatic rings. The van der Waals surface area contributed by atoms with E-state index in [2.05, 4.69) is 20.7 Å². The van der Waals surface area contributed by atoms with Gasteiger partial charge in [0.25, 0.3) is 0 Å². The second-order valence-electron chi connectivity index (χ2n) is 6.50. The second-order valence-corrected chi connectivity index (χ2v) is 7.36. The quantitative estimate of drug-likeness (QED) is 0.912. The van der Waals surface area contributed by atoms with Crippen molar-refractivity contribution >= 4 is 17.4 Å². The van der Waals surface area contributed by atoms with Gasteiger partial charge in [0.1, 0.15) is 5.01 Å². The average Bonchev–Trinajstić information content (AvgIpc) is 3.29. The maximum atomic E-state index is 11.9. The number of hydrogen-bond acceptors (Lipinski definition) is 5. The molecular formula is C16H22N6OS. The highest BCUT2D eigenvalue weighted by atomic mass is 32.1. The number of carbonyl (C=O) groups is 1. The van der Waals surface area contributed by atoms with Crippen LogP contribution in [0.5, 0.6) is 0 Å². The van der Waals surface area contributed by atoms with Crippen LogP contribution in [0.4, 0.5) is 4.79 Å². The highest BCUT2D eigenvalue weighted by Crippen LogP contribution is 2.25. The molecule has 1 N–H and O–H groups in total. The first-order valence-electron chi connectivity index (χ1n) is 8.39. The summed E-state index contributed by atoms with van der Waals surface area (Å²) in [5.41, 5.74) is 2.17. The van der Waals surface area contributed by atoms with E-state index in [0.29, 0.717) is 6.04 Å². The van der Waals surface area contributed by atoms with Gasteiger partial charge in [-0.05, 0) is 19.4 Å². The Labute approximate surface area is 145 Å². The van der Waals surface area contributed by atoms with Crippen molar-refractivity contribution in [3.8, 4) is 10.6 Å². The fraction of sp³-hybridized carbons (Fsp3) is 0.562. The van der Waals surface area contributed by atoms with Gasteiger partial charge in [-0.15, -0.1) is 11.3 Å². The maximum Gasteiger partial charge on any atom is 0.317 e. The molecule has 0 bridgehead atoms. The van der Waals surface area contributed by atoms with E-state index in [1.165, 1.54) is 0 Å². The molecule has 4 rings (SSSR count). The summed E-state index contributed by atoms with van der Waals surface area (Å²) in [4.78, 5) is 21.0. The van der Waals surface area contributed by atoms with Crippen molar-refractivity contribution in [2.75, 3.05) is 26.2 Å². The highest BCUT2D eigenvalue weighted by Gasteiger charge is 2.31. The SMILES string of the molecule is Cn1cc(-c2nc(CN3CCCC(N4CCNC4=O)C3)cs2)cn1. The minimum atomic E-state index is 0.0920. The van der Waals surface area contributed by atoms with Gasteiger partial charge >= 0.3 is 6.03 Å². The van der Waals surface area contributed by atoms with Crippen molar-refractivity contribution in [1.82, 2.24) is 29.9 Å². The number of nitrogens with zero attached hydrogens (tertiary/aromatic N) is 5. The van der Waals surface area contributed by atoms with Crippen LogP contribution in [-0.2, 0) is 13.6 Å². The topological polar surface area (TPSA) is 66.3 Å². The summed E-state index contributed by atoms with van der Waals surface area (Å²) >= 11 is 1.67. The molecule has 1 unspecified atom stereocenters. The Bertz CT molecular complexity index is 726. The molecule has 128 valence electrons. The summed E-state index contributed by atoms with van der Waals surface area (Å²) < 4.78 is 1.80. The normalized spacial score (nSPS) is 22.1. The maximum absolute atomic E-state index is 11.9. The zero-order chi connectivity index (χ0) is 16.5. The molecule has 2 aromatic heterocycles. The van der Waals surface area contributed by atoms with Crippen LogP contribution in [0.25, 0.3) is 10.6 Å². The number of aromatic nitrogens is 3. The molecule has 8 heteroatoms. The summed E-state index contributed by atoms with van der Waals surface area (Å²) in [6.07, 6.45) is 6.08. The minimum Gasteiger partial charge on any atom is -0.336 e. The Hall–Kier alpha value is -1.93. The molecule has 2 fully saturated rings. The number of hydrogen-bond donors (Lipinski definition) is 1. The molecule has 1 atom stereocenters. The van der Waals surface area contributed by atoms with Gasteiger partial charge in [-0.25, -0.2) is 9.78 Å². The molecule has 7 nitrogen and oxygen atoms in total. The summed E-state index contributed by atoms with van der Waals surface area (Å²) in [5.74, 6) is 0. The predicted octanol–water partition coefficient (Wildman–Crippen LogP) is 1.53. The summed E-state index contributed by atoms with van der Waals surface area (Å²) in [6, 6.07) is 0.423. The van der Waals surface area contributed by atoms with Crippen LogP contribution >= 0.6 is 11.3 Å². The van der Waals surface area contributed by atoms with Crippen molar-refractivity contribution in [1.29, 1.82) is 0 Å². The summed E-state index contributed by atoms with van der Waals surface area (Å²) in [6.45, 7) is 4.47. The molecule has 2 aromatic rings. The van der Waals surface area contributed by atoms with Crippen LogP contribution in [0, 0.1) is 0 Å². The molecule has 0 spiro atoms. The van der Waals surface area contributed by atoms with Crippen molar-refractivity contribution in [3.63, 3.8) is 0 Å². The van der Waals surface area contributed by atoms with E-state index in [-0.39, 0.29) is 6.03 Å². The molecule has 0 aliphatic carbocycles. The summed E-state index contributed by atoms with van der Waals surface area (Å²) in [5, 5.41) is 10.3. The zero-order valence-corrected chi connectivity index (χ0v) is 14.6. The van der Waals surface area contributed by atoms with Crippen molar-refractivity contribution in [2.45, 2.75) is 25.4 Å². The third-order valence-corrected chi connectivity index (χ3v) is 5.64.